The highest BCUT2D eigenvalue weighted by Gasteiger charge is 2.24. The molecule has 2 aromatic carbocycles. The molecule has 1 aliphatic rings. The van der Waals surface area contributed by atoms with Crippen LogP contribution in [0.1, 0.15) is 30.9 Å². The summed E-state index contributed by atoms with van der Waals surface area (Å²) in [4.78, 5) is 2.50. The van der Waals surface area contributed by atoms with Crippen LogP contribution in [0, 0.1) is 0 Å². The first kappa shape index (κ1) is 13.5. The van der Waals surface area contributed by atoms with E-state index in [2.05, 4.69) is 63.3 Å². The topological polar surface area (TPSA) is 29.3 Å². The molecule has 0 aliphatic carbocycles. The number of halogens is 1. The van der Waals surface area contributed by atoms with Gasteiger partial charge in [0.25, 0.3) is 0 Å². The minimum Gasteiger partial charge on any atom is -0.399 e. The van der Waals surface area contributed by atoms with Crippen LogP contribution in [0.15, 0.2) is 53.0 Å². The van der Waals surface area contributed by atoms with Crippen molar-refractivity contribution in [2.75, 3.05) is 17.2 Å². The molecule has 0 aromatic heterocycles. The molecule has 3 rings (SSSR count). The van der Waals surface area contributed by atoms with Gasteiger partial charge in [0.1, 0.15) is 0 Å². The Labute approximate surface area is 128 Å². The molecule has 104 valence electrons. The molecule has 1 saturated heterocycles. The van der Waals surface area contributed by atoms with Crippen LogP contribution in [0.3, 0.4) is 0 Å². The Morgan fingerprint density at radius 3 is 2.60 bits per heavy atom. The van der Waals surface area contributed by atoms with E-state index >= 15 is 0 Å². The van der Waals surface area contributed by atoms with Crippen molar-refractivity contribution < 1.29 is 0 Å². The third kappa shape index (κ3) is 2.83. The van der Waals surface area contributed by atoms with Gasteiger partial charge in [0.15, 0.2) is 0 Å². The molecule has 2 aromatic rings. The molecule has 1 unspecified atom stereocenters. The Morgan fingerprint density at radius 1 is 1.05 bits per heavy atom. The van der Waals surface area contributed by atoms with Gasteiger partial charge in [-0.2, -0.15) is 0 Å². The lowest BCUT2D eigenvalue weighted by Gasteiger charge is -2.38. The molecular weight excluding hydrogens is 312 g/mol. The second-order valence-corrected chi connectivity index (χ2v) is 6.27. The van der Waals surface area contributed by atoms with Crippen molar-refractivity contribution in [3.63, 3.8) is 0 Å². The van der Waals surface area contributed by atoms with Crippen LogP contribution < -0.4 is 10.6 Å². The first-order valence-corrected chi connectivity index (χ1v) is 7.91. The van der Waals surface area contributed by atoms with Gasteiger partial charge in [-0.1, -0.05) is 28.1 Å². The fourth-order valence-corrected chi connectivity index (χ4v) is 3.25. The van der Waals surface area contributed by atoms with Crippen molar-refractivity contribution in [2.45, 2.75) is 25.3 Å². The largest absolute Gasteiger partial charge is 0.399 e. The van der Waals surface area contributed by atoms with Gasteiger partial charge in [-0.3, -0.25) is 0 Å². The van der Waals surface area contributed by atoms with E-state index in [1.807, 2.05) is 6.07 Å². The van der Waals surface area contributed by atoms with Crippen molar-refractivity contribution in [1.29, 1.82) is 0 Å². The van der Waals surface area contributed by atoms with Gasteiger partial charge in [-0.15, -0.1) is 0 Å². The monoisotopic (exact) mass is 330 g/mol. The Hall–Kier alpha value is -1.48. The lowest BCUT2D eigenvalue weighted by molar-refractivity contribution is 0.473. The van der Waals surface area contributed by atoms with Gasteiger partial charge in [-0.25, -0.2) is 0 Å². The summed E-state index contributed by atoms with van der Waals surface area (Å²) in [5, 5.41) is 0. The molecule has 2 nitrogen and oxygen atoms in total. The summed E-state index contributed by atoms with van der Waals surface area (Å²) in [6, 6.07) is 17.4. The number of piperidine rings is 1. The molecule has 0 saturated carbocycles. The summed E-state index contributed by atoms with van der Waals surface area (Å²) >= 11 is 3.50. The van der Waals surface area contributed by atoms with Crippen LogP contribution in [0.2, 0.25) is 0 Å². The first-order chi connectivity index (χ1) is 9.74. The average Bonchev–Trinajstić information content (AvgIpc) is 2.48. The normalized spacial score (nSPS) is 19.1. The van der Waals surface area contributed by atoms with Crippen molar-refractivity contribution >= 4 is 27.3 Å². The SMILES string of the molecule is Nc1cccc(C2CCCCN2c2ccc(Br)cc2)c1. The minimum absolute atomic E-state index is 0.438. The molecule has 0 bridgehead atoms. The average molecular weight is 331 g/mol. The molecule has 1 atom stereocenters. The summed E-state index contributed by atoms with van der Waals surface area (Å²) in [6.45, 7) is 1.11. The maximum absolute atomic E-state index is 5.94. The van der Waals surface area contributed by atoms with Crippen LogP contribution in [0.5, 0.6) is 0 Å². The Morgan fingerprint density at radius 2 is 1.85 bits per heavy atom. The summed E-state index contributed by atoms with van der Waals surface area (Å²) < 4.78 is 1.12. The zero-order valence-electron chi connectivity index (χ0n) is 11.4. The van der Waals surface area contributed by atoms with Crippen LogP contribution >= 0.6 is 15.9 Å². The molecule has 2 N–H and O–H groups in total. The standard InChI is InChI=1S/C17H19BrN2/c18-14-7-9-16(10-8-14)20-11-2-1-6-17(20)13-4-3-5-15(19)12-13/h3-5,7-10,12,17H,1-2,6,11,19H2. The van der Waals surface area contributed by atoms with Gasteiger partial charge < -0.3 is 10.6 Å². The first-order valence-electron chi connectivity index (χ1n) is 7.12. The maximum Gasteiger partial charge on any atom is 0.0543 e. The molecule has 1 heterocycles. The van der Waals surface area contributed by atoms with Gasteiger partial charge in [0.2, 0.25) is 0 Å². The Kier molecular flexibility index (Phi) is 3.97. The highest BCUT2D eigenvalue weighted by atomic mass is 79.9. The van der Waals surface area contributed by atoms with Crippen molar-refractivity contribution in [1.82, 2.24) is 0 Å². The Balaban J connectivity index is 1.93. The zero-order chi connectivity index (χ0) is 13.9. The summed E-state index contributed by atoms with van der Waals surface area (Å²) in [7, 11) is 0. The van der Waals surface area contributed by atoms with Crippen LogP contribution in [-0.4, -0.2) is 6.54 Å². The van der Waals surface area contributed by atoms with Gasteiger partial charge >= 0.3 is 0 Å². The predicted octanol–water partition coefficient (Wildman–Crippen LogP) is 4.76. The smallest absolute Gasteiger partial charge is 0.0543 e. The number of nitrogens with zero attached hydrogens (tertiary/aromatic N) is 1. The Bertz CT molecular complexity index is 580. The quantitative estimate of drug-likeness (QED) is 0.804. The van der Waals surface area contributed by atoms with Gasteiger partial charge in [0, 0.05) is 22.4 Å². The van der Waals surface area contributed by atoms with E-state index in [-0.39, 0.29) is 0 Å². The van der Waals surface area contributed by atoms with Crippen LogP contribution in [0.4, 0.5) is 11.4 Å². The van der Waals surface area contributed by atoms with E-state index in [9.17, 15) is 0 Å². The highest BCUT2D eigenvalue weighted by molar-refractivity contribution is 9.10. The van der Waals surface area contributed by atoms with Gasteiger partial charge in [-0.05, 0) is 61.2 Å². The lowest BCUT2D eigenvalue weighted by atomic mass is 9.94. The number of nitrogen functional groups attached to an aromatic ring is 1. The predicted molar refractivity (Wildman–Crippen MR) is 88.9 cm³/mol. The van der Waals surface area contributed by atoms with Gasteiger partial charge in [0.05, 0.1) is 6.04 Å². The maximum atomic E-state index is 5.94. The molecule has 0 amide bonds. The summed E-state index contributed by atoms with van der Waals surface area (Å²) in [5.74, 6) is 0. The van der Waals surface area contributed by atoms with Crippen LogP contribution in [-0.2, 0) is 0 Å². The van der Waals surface area contributed by atoms with E-state index in [0.29, 0.717) is 6.04 Å². The second-order valence-electron chi connectivity index (χ2n) is 5.35. The zero-order valence-corrected chi connectivity index (χ0v) is 13.0. The molecular formula is C17H19BrN2. The van der Waals surface area contributed by atoms with E-state index in [4.69, 9.17) is 5.73 Å². The molecule has 1 aliphatic heterocycles. The van der Waals surface area contributed by atoms with E-state index < -0.39 is 0 Å². The summed E-state index contributed by atoms with van der Waals surface area (Å²) in [5.41, 5.74) is 9.41. The molecule has 3 heteroatoms. The third-order valence-electron chi connectivity index (χ3n) is 3.96. The molecule has 0 radical (unpaired) electrons. The van der Waals surface area contributed by atoms with E-state index in [0.717, 1.165) is 16.7 Å². The fourth-order valence-electron chi connectivity index (χ4n) is 2.99. The number of hydrogen-bond donors (Lipinski definition) is 1. The molecule has 20 heavy (non-hydrogen) atoms. The van der Waals surface area contributed by atoms with Crippen molar-refractivity contribution in [3.05, 3.63) is 58.6 Å². The second kappa shape index (κ2) is 5.88. The number of hydrogen-bond acceptors (Lipinski definition) is 2. The fraction of sp³-hybridized carbons (Fsp3) is 0.294. The number of nitrogens with two attached hydrogens (primary N) is 1. The number of anilines is 2. The number of benzene rings is 2. The molecule has 1 fully saturated rings. The lowest BCUT2D eigenvalue weighted by Crippen LogP contribution is -2.33. The molecule has 0 spiro atoms. The number of rotatable bonds is 2. The van der Waals surface area contributed by atoms with Crippen molar-refractivity contribution in [3.8, 4) is 0 Å². The summed E-state index contributed by atoms with van der Waals surface area (Å²) in [6.07, 6.45) is 3.74. The van der Waals surface area contributed by atoms with E-state index in [1.165, 1.54) is 30.5 Å². The van der Waals surface area contributed by atoms with Crippen molar-refractivity contribution in [2.24, 2.45) is 0 Å². The highest BCUT2D eigenvalue weighted by Crippen LogP contribution is 2.35. The van der Waals surface area contributed by atoms with Crippen LogP contribution in [0.25, 0.3) is 0 Å². The van der Waals surface area contributed by atoms with E-state index in [1.54, 1.807) is 0 Å². The third-order valence-corrected chi connectivity index (χ3v) is 4.49. The minimum atomic E-state index is 0.438.